The molecule has 2 aliphatic rings. The van der Waals surface area contributed by atoms with Crippen molar-refractivity contribution < 1.29 is 19.2 Å². The summed E-state index contributed by atoms with van der Waals surface area (Å²) >= 11 is -0.239. The summed E-state index contributed by atoms with van der Waals surface area (Å²) in [7, 11) is 0. The molecule has 0 fully saturated rings. The molecule has 0 aliphatic heterocycles. The average Bonchev–Trinajstić information content (AvgIpc) is 3.05. The molecule has 0 atom stereocenters. The summed E-state index contributed by atoms with van der Waals surface area (Å²) in [6.07, 6.45) is 0. The van der Waals surface area contributed by atoms with Gasteiger partial charge in [0.25, 0.3) is 0 Å². The predicted octanol–water partition coefficient (Wildman–Crippen LogP) is 9.72. The van der Waals surface area contributed by atoms with Crippen LogP contribution in [-0.4, -0.2) is 0 Å². The molecule has 172 valence electrons. The van der Waals surface area contributed by atoms with Crippen molar-refractivity contribution >= 4 is 0 Å². The number of hydrogen-bond acceptors (Lipinski definition) is 0. The molecule has 0 heterocycles. The van der Waals surface area contributed by atoms with E-state index in [-0.39, 0.29) is 30.0 Å². The van der Waals surface area contributed by atoms with Crippen molar-refractivity contribution in [1.29, 1.82) is 0 Å². The molecule has 2 aromatic carbocycles. The quantitative estimate of drug-likeness (QED) is 0.390. The molecular weight excluding hydrogens is 432 g/mol. The first-order valence-electron chi connectivity index (χ1n) is 12.1. The summed E-state index contributed by atoms with van der Waals surface area (Å²) in [5.74, 6) is 0. The van der Waals surface area contributed by atoms with Crippen LogP contribution >= 0.6 is 0 Å². The zero-order valence-corrected chi connectivity index (χ0v) is 23.8. The van der Waals surface area contributed by atoms with Crippen molar-refractivity contribution in [1.82, 2.24) is 0 Å². The Kier molecular flexibility index (Phi) is 7.62. The second kappa shape index (κ2) is 9.77. The van der Waals surface area contributed by atoms with Gasteiger partial charge in [-0.25, -0.2) is 0 Å². The van der Waals surface area contributed by atoms with E-state index in [1.54, 1.807) is 30.0 Å². The van der Waals surface area contributed by atoms with Gasteiger partial charge in [0.05, 0.1) is 0 Å². The third-order valence-corrected chi connectivity index (χ3v) is 12.2. The van der Waals surface area contributed by atoms with E-state index in [0.717, 1.165) is 0 Å². The fourth-order valence-corrected chi connectivity index (χ4v) is 8.20. The molecule has 0 bridgehead atoms. The molecule has 2 aliphatic carbocycles. The van der Waals surface area contributed by atoms with Crippen molar-refractivity contribution in [3.63, 3.8) is 0 Å². The van der Waals surface area contributed by atoms with Crippen LogP contribution in [0.1, 0.15) is 69.2 Å². The van der Waals surface area contributed by atoms with Gasteiger partial charge in [0.15, 0.2) is 0 Å². The molecule has 33 heavy (non-hydrogen) atoms. The van der Waals surface area contributed by atoms with Crippen LogP contribution in [0.4, 0.5) is 0 Å². The van der Waals surface area contributed by atoms with Crippen molar-refractivity contribution in [2.45, 2.75) is 69.2 Å². The van der Waals surface area contributed by atoms with E-state index in [4.69, 9.17) is 0 Å². The Balaban J connectivity index is 0.000000215. The third kappa shape index (κ3) is 4.84. The molecule has 0 aromatic heterocycles. The van der Waals surface area contributed by atoms with E-state index >= 15 is 0 Å². The van der Waals surface area contributed by atoms with Gasteiger partial charge in [0, 0.05) is 0 Å². The molecule has 0 radical (unpaired) electrons. The topological polar surface area (TPSA) is 0 Å². The van der Waals surface area contributed by atoms with E-state index in [9.17, 15) is 0 Å². The van der Waals surface area contributed by atoms with E-state index in [1.165, 1.54) is 22.3 Å². The van der Waals surface area contributed by atoms with Crippen LogP contribution in [0.25, 0.3) is 11.1 Å². The van der Waals surface area contributed by atoms with E-state index in [0.29, 0.717) is 0 Å². The summed E-state index contributed by atoms with van der Waals surface area (Å²) in [6, 6.07) is 20.8. The molecule has 2 aromatic rings. The maximum Gasteiger partial charge on any atom is -0.0184 e. The fourth-order valence-electron chi connectivity index (χ4n) is 5.07. The Hall–Kier alpha value is -1.89. The Morgan fingerprint density at radius 1 is 0.455 bits per heavy atom. The van der Waals surface area contributed by atoms with Crippen molar-refractivity contribution in [2.24, 2.45) is 10.8 Å². The molecule has 0 saturated carbocycles. The second-order valence-electron chi connectivity index (χ2n) is 10.6. The first kappa shape index (κ1) is 25.7. The van der Waals surface area contributed by atoms with Crippen LogP contribution in [0.2, 0.25) is 0 Å². The van der Waals surface area contributed by atoms with E-state index in [2.05, 4.69) is 118 Å². The van der Waals surface area contributed by atoms with Crippen LogP contribution in [0.5, 0.6) is 0 Å². The van der Waals surface area contributed by atoms with Gasteiger partial charge in [0.1, 0.15) is 0 Å². The third-order valence-electron chi connectivity index (χ3n) is 8.26. The summed E-state index contributed by atoms with van der Waals surface area (Å²) in [6.45, 7) is 23.6. The Labute approximate surface area is 211 Å². The molecular formula is C32H40Ti. The zero-order valence-electron chi connectivity index (χ0n) is 22.3. The van der Waals surface area contributed by atoms with Crippen LogP contribution in [0.3, 0.4) is 0 Å². The summed E-state index contributed by atoms with van der Waals surface area (Å²) in [5.41, 5.74) is 12.5. The standard InChI is InChI=1S/C12H10.2C10H15.Ti/c1-3-7-11(8-4-1)12-9-5-2-6-10-12;2*1-7-6-10(4,5)9(3)8(7)2;/h1-10H;2*1-5H3;. The van der Waals surface area contributed by atoms with Crippen LogP contribution < -0.4 is 0 Å². The smallest absolute Gasteiger partial charge is 0.0184 e. The Morgan fingerprint density at radius 3 is 1.00 bits per heavy atom. The van der Waals surface area contributed by atoms with Gasteiger partial charge in [-0.15, -0.1) is 0 Å². The van der Waals surface area contributed by atoms with Crippen molar-refractivity contribution in [3.05, 3.63) is 102 Å². The summed E-state index contributed by atoms with van der Waals surface area (Å²) in [4.78, 5) is 0. The van der Waals surface area contributed by atoms with Gasteiger partial charge in [0.2, 0.25) is 0 Å². The van der Waals surface area contributed by atoms with Gasteiger partial charge in [-0.3, -0.25) is 0 Å². The van der Waals surface area contributed by atoms with Crippen molar-refractivity contribution in [2.75, 3.05) is 0 Å². The molecule has 4 rings (SSSR count). The Morgan fingerprint density at radius 2 is 0.758 bits per heavy atom. The number of allylic oxidation sites excluding steroid dienone is 8. The molecule has 0 nitrogen and oxygen atoms in total. The van der Waals surface area contributed by atoms with Gasteiger partial charge < -0.3 is 0 Å². The van der Waals surface area contributed by atoms with E-state index in [1.807, 2.05) is 12.1 Å². The van der Waals surface area contributed by atoms with Gasteiger partial charge in [-0.2, -0.15) is 0 Å². The second-order valence-corrected chi connectivity index (χ2v) is 12.6. The summed E-state index contributed by atoms with van der Waals surface area (Å²) < 4.78 is 3.50. The van der Waals surface area contributed by atoms with E-state index < -0.39 is 0 Å². The van der Waals surface area contributed by atoms with Gasteiger partial charge in [-0.05, 0) is 11.1 Å². The van der Waals surface area contributed by atoms with Crippen LogP contribution in [0, 0.1) is 10.8 Å². The molecule has 0 unspecified atom stereocenters. The molecule has 0 N–H and O–H groups in total. The molecule has 1 heteroatoms. The number of hydrogen-bond donors (Lipinski definition) is 0. The zero-order chi connectivity index (χ0) is 24.6. The number of benzene rings is 2. The normalized spacial score (nSPS) is 19.2. The average molecular weight is 473 g/mol. The van der Waals surface area contributed by atoms with Gasteiger partial charge in [-0.1, -0.05) is 60.7 Å². The molecule has 0 amide bonds. The first-order valence-corrected chi connectivity index (χ1v) is 13.6. The molecule has 0 spiro atoms. The number of rotatable bonds is 3. The van der Waals surface area contributed by atoms with Crippen LogP contribution in [0.15, 0.2) is 102 Å². The maximum atomic E-state index is 2.42. The first-order chi connectivity index (χ1) is 15.4. The largest absolute Gasteiger partial charge is 0.0622 e. The monoisotopic (exact) mass is 472 g/mol. The minimum atomic E-state index is -0.239. The van der Waals surface area contributed by atoms with Crippen LogP contribution in [-0.2, 0) is 19.2 Å². The van der Waals surface area contributed by atoms with Gasteiger partial charge >= 0.3 is 140 Å². The molecule has 0 saturated heterocycles. The summed E-state index contributed by atoms with van der Waals surface area (Å²) in [5, 5.41) is 0. The Bertz CT molecular complexity index is 1060. The minimum absolute atomic E-state index is 0.239. The van der Waals surface area contributed by atoms with Crippen molar-refractivity contribution in [3.8, 4) is 11.1 Å². The minimum Gasteiger partial charge on any atom is -0.0622 e. The fraction of sp³-hybridized carbons (Fsp3) is 0.375. The predicted molar refractivity (Wildman–Crippen MR) is 142 cm³/mol. The maximum absolute atomic E-state index is 2.42. The SMILES string of the molecule is CC1=C(C)C(C)(C)[C]([Ti][C]2=C(C)C(C)=C(C)C2(C)C)=C1C.c1ccc(-c2ccccc2)cc1.